The van der Waals surface area contributed by atoms with Gasteiger partial charge in [-0.25, -0.2) is 0 Å². The molecular formula is C31H36N8. The van der Waals surface area contributed by atoms with E-state index in [9.17, 15) is 0 Å². The van der Waals surface area contributed by atoms with Gasteiger partial charge in [-0.05, 0) is 98.2 Å². The van der Waals surface area contributed by atoms with Crippen molar-refractivity contribution in [1.29, 1.82) is 0 Å². The molecule has 4 aromatic rings. The van der Waals surface area contributed by atoms with Gasteiger partial charge < -0.3 is 16.4 Å². The number of hydrogen-bond acceptors (Lipinski definition) is 7. The smallest absolute Gasteiger partial charge is 0.248 e. The van der Waals surface area contributed by atoms with Crippen LogP contribution in [-0.2, 0) is 25.7 Å². The maximum atomic E-state index is 6.30. The Hall–Kier alpha value is -3.78. The number of nitrogens with two attached hydrogens (primary N) is 1. The van der Waals surface area contributed by atoms with Crippen LogP contribution in [0.3, 0.4) is 0 Å². The van der Waals surface area contributed by atoms with Gasteiger partial charge in [0.2, 0.25) is 11.9 Å². The topological polar surface area (TPSA) is 107 Å². The summed E-state index contributed by atoms with van der Waals surface area (Å²) in [6.07, 6.45) is 13.1. The third-order valence-electron chi connectivity index (χ3n) is 8.69. The molecule has 1 fully saturated rings. The van der Waals surface area contributed by atoms with Gasteiger partial charge in [0.05, 0.1) is 5.69 Å². The fourth-order valence-electron chi connectivity index (χ4n) is 6.63. The molecular weight excluding hydrogens is 484 g/mol. The normalized spacial score (nSPS) is 19.0. The second-order valence-electron chi connectivity index (χ2n) is 11.3. The van der Waals surface area contributed by atoms with E-state index in [1.807, 2.05) is 0 Å². The Kier molecular flexibility index (Phi) is 6.48. The number of fused-ring (bicyclic) bond motifs is 4. The van der Waals surface area contributed by atoms with Gasteiger partial charge >= 0.3 is 0 Å². The van der Waals surface area contributed by atoms with Crippen molar-refractivity contribution in [1.82, 2.24) is 30.3 Å². The number of rotatable bonds is 5. The highest BCUT2D eigenvalue weighted by atomic mass is 15.4. The summed E-state index contributed by atoms with van der Waals surface area (Å²) in [4.78, 5) is 4.49. The fraction of sp³-hybridized carbons (Fsp3) is 0.419. The van der Waals surface area contributed by atoms with Gasteiger partial charge in [0.25, 0.3) is 0 Å². The fourth-order valence-corrected chi connectivity index (χ4v) is 6.63. The highest BCUT2D eigenvalue weighted by molar-refractivity contribution is 5.68. The van der Waals surface area contributed by atoms with Crippen molar-refractivity contribution in [3.05, 3.63) is 70.8 Å². The maximum Gasteiger partial charge on any atom is 0.248 e. The molecule has 0 saturated heterocycles. The lowest BCUT2D eigenvalue weighted by atomic mass is 10.0. The van der Waals surface area contributed by atoms with Crippen LogP contribution in [0.1, 0.15) is 67.2 Å². The van der Waals surface area contributed by atoms with Gasteiger partial charge in [-0.2, -0.15) is 9.67 Å². The minimum atomic E-state index is 0.288. The van der Waals surface area contributed by atoms with E-state index in [-0.39, 0.29) is 5.95 Å². The molecule has 0 bridgehead atoms. The van der Waals surface area contributed by atoms with Gasteiger partial charge in [0.15, 0.2) is 5.82 Å². The van der Waals surface area contributed by atoms with Gasteiger partial charge in [-0.15, -0.1) is 15.3 Å². The van der Waals surface area contributed by atoms with Gasteiger partial charge in [0.1, 0.15) is 0 Å². The summed E-state index contributed by atoms with van der Waals surface area (Å²) in [5, 5.41) is 21.1. The van der Waals surface area contributed by atoms with Gasteiger partial charge in [0, 0.05) is 23.3 Å². The number of aromatic nitrogens is 5. The Balaban J connectivity index is 1.08. The Morgan fingerprint density at radius 3 is 2.44 bits per heavy atom. The van der Waals surface area contributed by atoms with E-state index in [1.54, 1.807) is 4.68 Å². The van der Waals surface area contributed by atoms with Crippen molar-refractivity contribution in [2.24, 2.45) is 0 Å². The molecule has 0 spiro atoms. The first-order valence-electron chi connectivity index (χ1n) is 14.5. The number of anilines is 3. The van der Waals surface area contributed by atoms with Crippen molar-refractivity contribution in [2.75, 3.05) is 11.1 Å². The van der Waals surface area contributed by atoms with Crippen LogP contribution in [0.25, 0.3) is 17.1 Å². The minimum Gasteiger partial charge on any atom is -0.368 e. The molecule has 7 rings (SSSR count). The van der Waals surface area contributed by atoms with Crippen LogP contribution in [0.5, 0.6) is 0 Å². The number of nitrogens with one attached hydrogen (secondary N) is 2. The Labute approximate surface area is 229 Å². The molecule has 1 atom stereocenters. The molecule has 2 heterocycles. The largest absolute Gasteiger partial charge is 0.368 e. The lowest BCUT2D eigenvalue weighted by Gasteiger charge is -2.21. The summed E-state index contributed by atoms with van der Waals surface area (Å²) in [5.41, 5.74) is 14.8. The molecule has 0 aliphatic heterocycles. The molecule has 39 heavy (non-hydrogen) atoms. The van der Waals surface area contributed by atoms with Gasteiger partial charge in [-0.3, -0.25) is 0 Å². The van der Waals surface area contributed by atoms with Crippen molar-refractivity contribution in [3.8, 4) is 17.1 Å². The second-order valence-corrected chi connectivity index (χ2v) is 11.3. The molecule has 0 radical (unpaired) electrons. The number of aryl methyl sites for hydroxylation is 4. The van der Waals surface area contributed by atoms with Crippen LogP contribution in [0, 0.1) is 0 Å². The number of benzene rings is 2. The van der Waals surface area contributed by atoms with Crippen molar-refractivity contribution in [3.63, 3.8) is 0 Å². The standard InChI is InChI=1S/C31H36N8/c32-30-35-31(34-26-17-13-20-12-15-25(16-14-22(20)18-26)33-24-9-2-3-10-24)38-39(30)28-19-23-8-5-7-21-6-1-4-11-27(21)29(23)37-36-28/h1,4,6,11,13,17-19,24-25,33H,2-3,5,7-10,12,14-16H2,(H3,32,34,35,38)/t25-/m1/s1. The van der Waals surface area contributed by atoms with Crippen LogP contribution in [-0.4, -0.2) is 37.0 Å². The van der Waals surface area contributed by atoms with Gasteiger partial charge in [-0.1, -0.05) is 43.2 Å². The van der Waals surface area contributed by atoms with Crippen molar-refractivity contribution >= 4 is 17.6 Å². The predicted octanol–water partition coefficient (Wildman–Crippen LogP) is 5.32. The Morgan fingerprint density at radius 2 is 1.54 bits per heavy atom. The second kappa shape index (κ2) is 10.4. The third-order valence-corrected chi connectivity index (χ3v) is 8.69. The number of hydrogen-bond donors (Lipinski definition) is 3. The first-order valence-corrected chi connectivity index (χ1v) is 14.5. The Morgan fingerprint density at radius 1 is 0.744 bits per heavy atom. The van der Waals surface area contributed by atoms with Crippen LogP contribution in [0.2, 0.25) is 0 Å². The number of nitrogen functional groups attached to an aromatic ring is 1. The van der Waals surface area contributed by atoms with Crippen LogP contribution in [0.4, 0.5) is 17.6 Å². The zero-order valence-electron chi connectivity index (χ0n) is 22.4. The molecule has 8 nitrogen and oxygen atoms in total. The quantitative estimate of drug-likeness (QED) is 0.306. The van der Waals surface area contributed by atoms with E-state index in [0.29, 0.717) is 17.8 Å². The number of nitrogens with zero attached hydrogens (tertiary/aromatic N) is 5. The molecule has 8 heteroatoms. The third kappa shape index (κ3) is 5.01. The zero-order chi connectivity index (χ0) is 26.2. The average Bonchev–Trinajstić information content (AvgIpc) is 3.49. The van der Waals surface area contributed by atoms with E-state index in [0.717, 1.165) is 49.5 Å². The average molecular weight is 521 g/mol. The summed E-state index contributed by atoms with van der Waals surface area (Å²) in [6, 6.07) is 18.5. The highest BCUT2D eigenvalue weighted by Crippen LogP contribution is 2.32. The predicted molar refractivity (Wildman–Crippen MR) is 154 cm³/mol. The molecule has 2 aromatic carbocycles. The lowest BCUT2D eigenvalue weighted by molar-refractivity contribution is 0.398. The summed E-state index contributed by atoms with van der Waals surface area (Å²) in [7, 11) is 0. The zero-order valence-corrected chi connectivity index (χ0v) is 22.4. The van der Waals surface area contributed by atoms with Crippen molar-refractivity contribution in [2.45, 2.75) is 82.7 Å². The van der Waals surface area contributed by atoms with E-state index in [1.165, 1.54) is 66.3 Å². The highest BCUT2D eigenvalue weighted by Gasteiger charge is 2.22. The van der Waals surface area contributed by atoms with E-state index in [4.69, 9.17) is 5.73 Å². The molecule has 3 aliphatic carbocycles. The summed E-state index contributed by atoms with van der Waals surface area (Å²) in [6.45, 7) is 0. The van der Waals surface area contributed by atoms with Crippen LogP contribution < -0.4 is 16.4 Å². The molecule has 3 aliphatic rings. The molecule has 200 valence electrons. The monoisotopic (exact) mass is 520 g/mol. The van der Waals surface area contributed by atoms with Crippen LogP contribution in [0.15, 0.2) is 48.5 Å². The molecule has 2 aromatic heterocycles. The minimum absolute atomic E-state index is 0.288. The maximum absolute atomic E-state index is 6.30. The first-order chi connectivity index (χ1) is 19.2. The van der Waals surface area contributed by atoms with Crippen molar-refractivity contribution < 1.29 is 0 Å². The lowest BCUT2D eigenvalue weighted by Crippen LogP contribution is -2.36. The Bertz CT molecular complexity index is 1490. The van der Waals surface area contributed by atoms with E-state index >= 15 is 0 Å². The first kappa shape index (κ1) is 24.3. The van der Waals surface area contributed by atoms with E-state index in [2.05, 4.69) is 79.4 Å². The SMILES string of the molecule is Nc1nc(Nc2ccc3c(c2)CC[C@H](NC2CCCC2)CC3)nn1-c1cc2c(nn1)-c1ccccc1CCC2. The molecule has 0 amide bonds. The molecule has 4 N–H and O–H groups in total. The summed E-state index contributed by atoms with van der Waals surface area (Å²) < 4.78 is 1.58. The summed E-state index contributed by atoms with van der Waals surface area (Å²) in [5.74, 6) is 1.34. The van der Waals surface area contributed by atoms with Crippen LogP contribution >= 0.6 is 0 Å². The van der Waals surface area contributed by atoms with E-state index < -0.39 is 0 Å². The molecule has 0 unspecified atom stereocenters. The molecule has 1 saturated carbocycles. The summed E-state index contributed by atoms with van der Waals surface area (Å²) >= 11 is 0.